The second kappa shape index (κ2) is 9.28. The van der Waals surface area contributed by atoms with E-state index in [-0.39, 0.29) is 39.9 Å². The number of benzene rings is 2. The molecule has 2 aromatic carbocycles. The third kappa shape index (κ3) is 4.66. The van der Waals surface area contributed by atoms with Gasteiger partial charge in [0.15, 0.2) is 0 Å². The lowest BCUT2D eigenvalue weighted by atomic mass is 9.94. The van der Waals surface area contributed by atoms with Crippen molar-refractivity contribution in [1.82, 2.24) is 10.2 Å². The van der Waals surface area contributed by atoms with Gasteiger partial charge >= 0.3 is 12.1 Å². The van der Waals surface area contributed by atoms with E-state index in [2.05, 4.69) is 5.32 Å². The normalized spacial score (nSPS) is 16.4. The van der Waals surface area contributed by atoms with Gasteiger partial charge in [0.05, 0.1) is 11.1 Å². The highest BCUT2D eigenvalue weighted by molar-refractivity contribution is 6.22. The Hall–Kier alpha value is -3.69. The standard InChI is InChI=1S/C24H22F3N3O4/c25-24(26,27)23(34)28-13-15-6-4-5-9-19(15)29-20(31)14-10-11-17-18(12-14)22(33)30(21(17)32)16-7-2-1-3-8-16/h4-6,9-12,16H,1-3,7-8,13H2,(H,28,34)(H,29,31). The first kappa shape index (κ1) is 23.5. The number of para-hydroxylation sites is 1. The number of halogens is 3. The average molecular weight is 473 g/mol. The van der Waals surface area contributed by atoms with Gasteiger partial charge in [0.1, 0.15) is 0 Å². The lowest BCUT2D eigenvalue weighted by Crippen LogP contribution is -2.40. The summed E-state index contributed by atoms with van der Waals surface area (Å²) in [5.41, 5.74) is 1.02. The van der Waals surface area contributed by atoms with Crippen molar-refractivity contribution in [3.8, 4) is 0 Å². The smallest absolute Gasteiger partial charge is 0.344 e. The van der Waals surface area contributed by atoms with Gasteiger partial charge in [-0.3, -0.25) is 24.1 Å². The molecule has 0 spiro atoms. The zero-order valence-corrected chi connectivity index (χ0v) is 18.1. The zero-order chi connectivity index (χ0) is 24.5. The van der Waals surface area contributed by atoms with E-state index >= 15 is 0 Å². The summed E-state index contributed by atoms with van der Waals surface area (Å²) in [5, 5.41) is 4.37. The number of hydrogen-bond donors (Lipinski definition) is 2. The molecule has 0 saturated heterocycles. The van der Waals surface area contributed by atoms with Crippen LogP contribution in [0.15, 0.2) is 42.5 Å². The number of nitrogens with zero attached hydrogens (tertiary/aromatic N) is 1. The predicted octanol–water partition coefficient (Wildman–Crippen LogP) is 4.05. The first-order valence-electron chi connectivity index (χ1n) is 10.9. The van der Waals surface area contributed by atoms with Crippen molar-refractivity contribution < 1.29 is 32.3 Å². The van der Waals surface area contributed by atoms with Crippen molar-refractivity contribution in [2.45, 2.75) is 50.9 Å². The second-order valence-corrected chi connectivity index (χ2v) is 8.32. The Morgan fingerprint density at radius 2 is 1.62 bits per heavy atom. The second-order valence-electron chi connectivity index (χ2n) is 8.32. The van der Waals surface area contributed by atoms with Crippen LogP contribution in [0.1, 0.15) is 68.7 Å². The molecule has 7 nitrogen and oxygen atoms in total. The van der Waals surface area contributed by atoms with E-state index in [4.69, 9.17) is 0 Å². The molecule has 1 aliphatic heterocycles. The number of carbonyl (C=O) groups is 4. The van der Waals surface area contributed by atoms with Gasteiger partial charge in [-0.1, -0.05) is 37.5 Å². The molecule has 2 aliphatic rings. The highest BCUT2D eigenvalue weighted by Crippen LogP contribution is 2.31. The van der Waals surface area contributed by atoms with Crippen molar-refractivity contribution in [2.75, 3.05) is 5.32 Å². The van der Waals surface area contributed by atoms with Crippen LogP contribution in [0.4, 0.5) is 18.9 Å². The quantitative estimate of drug-likeness (QED) is 0.641. The summed E-state index contributed by atoms with van der Waals surface area (Å²) >= 11 is 0. The van der Waals surface area contributed by atoms with Gasteiger partial charge in [-0.15, -0.1) is 0 Å². The number of nitrogens with one attached hydrogen (secondary N) is 2. The van der Waals surface area contributed by atoms with E-state index in [0.29, 0.717) is 0 Å². The molecule has 0 unspecified atom stereocenters. The number of alkyl halides is 3. The summed E-state index contributed by atoms with van der Waals surface area (Å²) in [4.78, 5) is 51.0. The topological polar surface area (TPSA) is 95.6 Å². The summed E-state index contributed by atoms with van der Waals surface area (Å²) < 4.78 is 37.4. The Labute approximate surface area is 193 Å². The summed E-state index contributed by atoms with van der Waals surface area (Å²) in [6.45, 7) is -0.442. The van der Waals surface area contributed by atoms with E-state index in [1.165, 1.54) is 35.2 Å². The van der Waals surface area contributed by atoms with Crippen molar-refractivity contribution in [3.05, 3.63) is 64.7 Å². The molecule has 1 heterocycles. The number of amides is 4. The van der Waals surface area contributed by atoms with Crippen LogP contribution in [0.3, 0.4) is 0 Å². The highest BCUT2D eigenvalue weighted by atomic mass is 19.4. The van der Waals surface area contributed by atoms with Gasteiger partial charge in [0.2, 0.25) is 0 Å². The molecule has 2 N–H and O–H groups in total. The summed E-state index contributed by atoms with van der Waals surface area (Å²) in [5.74, 6) is -3.46. The van der Waals surface area contributed by atoms with Crippen LogP contribution in [0.2, 0.25) is 0 Å². The minimum Gasteiger partial charge on any atom is -0.344 e. The number of rotatable bonds is 5. The Kier molecular flexibility index (Phi) is 6.41. The summed E-state index contributed by atoms with van der Waals surface area (Å²) in [6, 6.07) is 10.2. The molecule has 178 valence electrons. The molecule has 10 heteroatoms. The predicted molar refractivity (Wildman–Crippen MR) is 116 cm³/mol. The van der Waals surface area contributed by atoms with Gasteiger partial charge in [-0.05, 0) is 42.7 Å². The van der Waals surface area contributed by atoms with Gasteiger partial charge in [0.25, 0.3) is 17.7 Å². The maximum absolute atomic E-state index is 13.0. The molecule has 0 atom stereocenters. The minimum atomic E-state index is -5.02. The monoisotopic (exact) mass is 473 g/mol. The first-order valence-corrected chi connectivity index (χ1v) is 10.9. The van der Waals surface area contributed by atoms with Crippen LogP contribution in [0, 0.1) is 0 Å². The number of hydrogen-bond acceptors (Lipinski definition) is 4. The van der Waals surface area contributed by atoms with Crippen LogP contribution in [-0.2, 0) is 11.3 Å². The van der Waals surface area contributed by atoms with Crippen LogP contribution >= 0.6 is 0 Å². The Morgan fingerprint density at radius 1 is 0.941 bits per heavy atom. The van der Waals surface area contributed by atoms with Gasteiger partial charge in [0, 0.05) is 23.8 Å². The van der Waals surface area contributed by atoms with Crippen LogP contribution < -0.4 is 10.6 Å². The molecule has 4 rings (SSSR count). The van der Waals surface area contributed by atoms with Crippen molar-refractivity contribution in [3.63, 3.8) is 0 Å². The lowest BCUT2D eigenvalue weighted by Gasteiger charge is -2.29. The summed E-state index contributed by atoms with van der Waals surface area (Å²) in [6.07, 6.45) is -0.506. The van der Waals surface area contributed by atoms with E-state index in [1.54, 1.807) is 17.4 Å². The Bertz CT molecular complexity index is 1160. The first-order chi connectivity index (χ1) is 16.2. The number of anilines is 1. The molecular formula is C24H22F3N3O4. The maximum Gasteiger partial charge on any atom is 0.471 e. The Balaban J connectivity index is 1.50. The molecule has 34 heavy (non-hydrogen) atoms. The molecule has 1 fully saturated rings. The van der Waals surface area contributed by atoms with E-state index < -0.39 is 30.4 Å². The van der Waals surface area contributed by atoms with E-state index in [9.17, 15) is 32.3 Å². The molecular weight excluding hydrogens is 451 g/mol. The number of carbonyl (C=O) groups excluding carboxylic acids is 4. The van der Waals surface area contributed by atoms with Crippen molar-refractivity contribution in [1.29, 1.82) is 0 Å². The molecule has 1 saturated carbocycles. The number of imide groups is 1. The fourth-order valence-corrected chi connectivity index (χ4v) is 4.34. The summed E-state index contributed by atoms with van der Waals surface area (Å²) in [7, 11) is 0. The van der Waals surface area contributed by atoms with Gasteiger partial charge < -0.3 is 10.6 Å². The molecule has 0 aromatic heterocycles. The van der Waals surface area contributed by atoms with Gasteiger partial charge in [-0.2, -0.15) is 13.2 Å². The van der Waals surface area contributed by atoms with Crippen molar-refractivity contribution in [2.24, 2.45) is 0 Å². The third-order valence-electron chi connectivity index (χ3n) is 6.08. The van der Waals surface area contributed by atoms with Crippen LogP contribution in [0.5, 0.6) is 0 Å². The minimum absolute atomic E-state index is 0.125. The fraction of sp³-hybridized carbons (Fsp3) is 0.333. The number of fused-ring (bicyclic) bond motifs is 1. The third-order valence-corrected chi connectivity index (χ3v) is 6.08. The molecule has 2 aromatic rings. The lowest BCUT2D eigenvalue weighted by molar-refractivity contribution is -0.173. The van der Waals surface area contributed by atoms with Crippen LogP contribution in [-0.4, -0.2) is 40.7 Å². The molecule has 0 bridgehead atoms. The zero-order valence-electron chi connectivity index (χ0n) is 18.1. The van der Waals surface area contributed by atoms with E-state index in [1.807, 2.05) is 0 Å². The highest BCUT2D eigenvalue weighted by Gasteiger charge is 2.41. The van der Waals surface area contributed by atoms with Crippen LogP contribution in [0.25, 0.3) is 0 Å². The molecule has 0 radical (unpaired) electrons. The molecule has 4 amide bonds. The van der Waals surface area contributed by atoms with E-state index in [0.717, 1.165) is 32.1 Å². The van der Waals surface area contributed by atoms with Gasteiger partial charge in [-0.25, -0.2) is 0 Å². The average Bonchev–Trinajstić information content (AvgIpc) is 3.07. The van der Waals surface area contributed by atoms with Crippen molar-refractivity contribution >= 4 is 29.3 Å². The maximum atomic E-state index is 13.0. The largest absolute Gasteiger partial charge is 0.471 e. The SMILES string of the molecule is O=C(Nc1ccccc1CNC(=O)C(F)(F)F)c1ccc2c(c1)C(=O)N(C1CCCCC1)C2=O. The fourth-order valence-electron chi connectivity index (χ4n) is 4.34. The molecule has 1 aliphatic carbocycles. The Morgan fingerprint density at radius 3 is 2.32 bits per heavy atom.